The Balaban J connectivity index is 2.13. The van der Waals surface area contributed by atoms with E-state index in [-0.39, 0.29) is 12.3 Å². The zero-order chi connectivity index (χ0) is 14.7. The molecule has 2 amide bonds. The van der Waals surface area contributed by atoms with Gasteiger partial charge in [0.05, 0.1) is 28.4 Å². The number of anilines is 1. The van der Waals surface area contributed by atoms with Crippen LogP contribution in [0.25, 0.3) is 0 Å². The van der Waals surface area contributed by atoms with Crippen molar-refractivity contribution in [3.63, 3.8) is 0 Å². The summed E-state index contributed by atoms with van der Waals surface area (Å²) in [5, 5.41) is 3.65. The van der Waals surface area contributed by atoms with Gasteiger partial charge >= 0.3 is 0 Å². The van der Waals surface area contributed by atoms with Gasteiger partial charge in [-0.3, -0.25) is 9.59 Å². The Kier molecular flexibility index (Phi) is 4.14. The smallest absolute Gasteiger partial charge is 0.250 e. The minimum Gasteiger partial charge on any atom is -0.366 e. The van der Waals surface area contributed by atoms with E-state index in [0.29, 0.717) is 11.3 Å². The molecule has 1 heterocycles. The number of primary amides is 1. The van der Waals surface area contributed by atoms with Crippen molar-refractivity contribution >= 4 is 28.8 Å². The number of aryl methyl sites for hydroxylation is 2. The molecule has 0 saturated carbocycles. The summed E-state index contributed by atoms with van der Waals surface area (Å²) in [6, 6.07) is 6.68. The maximum Gasteiger partial charge on any atom is 0.250 e. The lowest BCUT2D eigenvalue weighted by Gasteiger charge is -2.08. The van der Waals surface area contributed by atoms with E-state index in [0.717, 1.165) is 15.6 Å². The number of hydrogen-bond acceptors (Lipinski definition) is 4. The molecule has 0 radical (unpaired) electrons. The molecule has 0 aliphatic rings. The molecule has 2 aromatic rings. The van der Waals surface area contributed by atoms with Gasteiger partial charge in [-0.25, -0.2) is 4.98 Å². The van der Waals surface area contributed by atoms with E-state index in [1.54, 1.807) is 24.3 Å². The van der Waals surface area contributed by atoms with Gasteiger partial charge in [0.2, 0.25) is 5.91 Å². The first-order chi connectivity index (χ1) is 9.47. The number of benzene rings is 1. The number of nitrogens with zero attached hydrogens (tertiary/aromatic N) is 1. The first-order valence-electron chi connectivity index (χ1n) is 6.09. The Morgan fingerprint density at radius 2 is 2.00 bits per heavy atom. The highest BCUT2D eigenvalue weighted by Gasteiger charge is 2.13. The predicted molar refractivity (Wildman–Crippen MR) is 78.9 cm³/mol. The van der Waals surface area contributed by atoms with Gasteiger partial charge in [-0.15, -0.1) is 11.3 Å². The Hall–Kier alpha value is -2.21. The maximum atomic E-state index is 12.0. The Labute approximate surface area is 120 Å². The number of carbonyl (C=O) groups is 2. The molecule has 3 N–H and O–H groups in total. The fraction of sp³-hybridized carbons (Fsp3) is 0.214. The molecule has 0 unspecified atom stereocenters. The molecule has 0 aliphatic carbocycles. The molecule has 6 heteroatoms. The monoisotopic (exact) mass is 289 g/mol. The molecule has 2 rings (SSSR count). The van der Waals surface area contributed by atoms with Crippen LogP contribution in [0.5, 0.6) is 0 Å². The average Bonchev–Trinajstić information content (AvgIpc) is 2.68. The highest BCUT2D eigenvalue weighted by molar-refractivity contribution is 7.11. The van der Waals surface area contributed by atoms with E-state index in [9.17, 15) is 9.59 Å². The molecule has 0 saturated heterocycles. The van der Waals surface area contributed by atoms with Crippen LogP contribution in [0.4, 0.5) is 5.69 Å². The van der Waals surface area contributed by atoms with Crippen LogP contribution in [-0.2, 0) is 11.2 Å². The second kappa shape index (κ2) is 5.83. The lowest BCUT2D eigenvalue weighted by molar-refractivity contribution is -0.115. The summed E-state index contributed by atoms with van der Waals surface area (Å²) in [5.74, 6) is -0.754. The van der Waals surface area contributed by atoms with Crippen molar-refractivity contribution in [2.75, 3.05) is 5.32 Å². The Morgan fingerprint density at radius 1 is 1.30 bits per heavy atom. The van der Waals surface area contributed by atoms with Crippen LogP contribution >= 0.6 is 11.3 Å². The van der Waals surface area contributed by atoms with Crippen molar-refractivity contribution in [2.24, 2.45) is 5.73 Å². The van der Waals surface area contributed by atoms with Gasteiger partial charge in [0.1, 0.15) is 0 Å². The molecule has 5 nitrogen and oxygen atoms in total. The van der Waals surface area contributed by atoms with E-state index in [2.05, 4.69) is 10.3 Å². The van der Waals surface area contributed by atoms with Crippen LogP contribution in [0.2, 0.25) is 0 Å². The summed E-state index contributed by atoms with van der Waals surface area (Å²) in [6.45, 7) is 3.78. The Bertz CT molecular complexity index is 664. The molecular formula is C14H15N3O2S. The minimum absolute atomic E-state index is 0.189. The zero-order valence-electron chi connectivity index (χ0n) is 11.3. The van der Waals surface area contributed by atoms with Crippen molar-refractivity contribution in [3.05, 3.63) is 45.4 Å². The lowest BCUT2D eigenvalue weighted by Crippen LogP contribution is -2.19. The van der Waals surface area contributed by atoms with E-state index in [1.807, 2.05) is 13.8 Å². The molecule has 0 bridgehead atoms. The fourth-order valence-corrected chi connectivity index (χ4v) is 2.82. The van der Waals surface area contributed by atoms with Crippen molar-refractivity contribution in [1.29, 1.82) is 0 Å². The Morgan fingerprint density at radius 3 is 2.60 bits per heavy atom. The first kappa shape index (κ1) is 14.2. The van der Waals surface area contributed by atoms with Gasteiger partial charge < -0.3 is 11.1 Å². The SMILES string of the molecule is Cc1nc(C)c(CC(=O)Nc2ccccc2C(N)=O)s1. The van der Waals surface area contributed by atoms with Crippen LogP contribution in [-0.4, -0.2) is 16.8 Å². The van der Waals surface area contributed by atoms with Gasteiger partial charge in [-0.2, -0.15) is 0 Å². The van der Waals surface area contributed by atoms with Crippen LogP contribution in [0.1, 0.15) is 25.9 Å². The standard InChI is InChI=1S/C14H15N3O2S/c1-8-12(20-9(2)16-8)7-13(18)17-11-6-4-3-5-10(11)14(15)19/h3-6H,7H2,1-2H3,(H2,15,19)(H,17,18). The summed E-state index contributed by atoms with van der Waals surface area (Å²) < 4.78 is 0. The fourth-order valence-electron chi connectivity index (χ4n) is 1.88. The summed E-state index contributed by atoms with van der Waals surface area (Å²) in [7, 11) is 0. The third kappa shape index (κ3) is 3.21. The number of nitrogens with one attached hydrogen (secondary N) is 1. The number of amides is 2. The molecule has 1 aromatic carbocycles. The third-order valence-electron chi connectivity index (χ3n) is 2.79. The quantitative estimate of drug-likeness (QED) is 0.903. The molecule has 0 atom stereocenters. The van der Waals surface area contributed by atoms with Crippen LogP contribution in [0.15, 0.2) is 24.3 Å². The van der Waals surface area contributed by atoms with Crippen molar-refractivity contribution in [2.45, 2.75) is 20.3 Å². The summed E-state index contributed by atoms with van der Waals surface area (Å²) in [4.78, 5) is 28.5. The van der Waals surface area contributed by atoms with Gasteiger partial charge in [0.25, 0.3) is 5.91 Å². The summed E-state index contributed by atoms with van der Waals surface area (Å²) >= 11 is 1.50. The summed E-state index contributed by atoms with van der Waals surface area (Å²) in [5.41, 5.74) is 6.88. The molecule has 20 heavy (non-hydrogen) atoms. The predicted octanol–water partition coefficient (Wildman–Crippen LogP) is 2.04. The topological polar surface area (TPSA) is 85.1 Å². The molecule has 0 fully saturated rings. The van der Waals surface area contributed by atoms with E-state index >= 15 is 0 Å². The van der Waals surface area contributed by atoms with Crippen molar-refractivity contribution in [1.82, 2.24) is 4.98 Å². The number of para-hydroxylation sites is 1. The molecule has 104 valence electrons. The van der Waals surface area contributed by atoms with E-state index in [4.69, 9.17) is 5.73 Å². The number of carbonyl (C=O) groups excluding carboxylic acids is 2. The first-order valence-corrected chi connectivity index (χ1v) is 6.90. The van der Waals surface area contributed by atoms with Gasteiger partial charge in [-0.05, 0) is 26.0 Å². The van der Waals surface area contributed by atoms with Crippen LogP contribution in [0, 0.1) is 13.8 Å². The number of rotatable bonds is 4. The number of thiazole rings is 1. The van der Waals surface area contributed by atoms with E-state index in [1.165, 1.54) is 11.3 Å². The largest absolute Gasteiger partial charge is 0.366 e. The van der Waals surface area contributed by atoms with Gasteiger partial charge in [-0.1, -0.05) is 12.1 Å². The maximum absolute atomic E-state index is 12.0. The second-order valence-corrected chi connectivity index (χ2v) is 5.66. The van der Waals surface area contributed by atoms with Crippen LogP contribution < -0.4 is 11.1 Å². The second-order valence-electron chi connectivity index (χ2n) is 4.38. The highest BCUT2D eigenvalue weighted by Crippen LogP contribution is 2.19. The number of nitrogens with two attached hydrogens (primary N) is 1. The highest BCUT2D eigenvalue weighted by atomic mass is 32.1. The number of hydrogen-bond donors (Lipinski definition) is 2. The molecule has 0 spiro atoms. The summed E-state index contributed by atoms with van der Waals surface area (Å²) in [6.07, 6.45) is 0.241. The third-order valence-corrected chi connectivity index (χ3v) is 3.86. The molecule has 1 aromatic heterocycles. The average molecular weight is 289 g/mol. The minimum atomic E-state index is -0.564. The van der Waals surface area contributed by atoms with Crippen molar-refractivity contribution < 1.29 is 9.59 Å². The molecule has 0 aliphatic heterocycles. The van der Waals surface area contributed by atoms with Gasteiger partial charge in [0, 0.05) is 4.88 Å². The van der Waals surface area contributed by atoms with Crippen molar-refractivity contribution in [3.8, 4) is 0 Å². The van der Waals surface area contributed by atoms with Crippen LogP contribution in [0.3, 0.4) is 0 Å². The zero-order valence-corrected chi connectivity index (χ0v) is 12.1. The normalized spacial score (nSPS) is 10.3. The molecular weight excluding hydrogens is 274 g/mol. The van der Waals surface area contributed by atoms with Gasteiger partial charge in [0.15, 0.2) is 0 Å². The van der Waals surface area contributed by atoms with E-state index < -0.39 is 5.91 Å². The number of aromatic nitrogens is 1. The lowest BCUT2D eigenvalue weighted by atomic mass is 10.1.